The number of aromatic nitrogens is 1. The number of halogens is 1. The molecule has 1 saturated carbocycles. The third kappa shape index (κ3) is 2.74. The fourth-order valence-electron chi connectivity index (χ4n) is 3.65. The number of nitrogens with zero attached hydrogens (tertiary/aromatic N) is 3. The molecule has 2 N–H and O–H groups in total. The second-order valence-corrected chi connectivity index (χ2v) is 8.02. The number of carbonyl (C=O) groups is 2. The highest BCUT2D eigenvalue weighted by Gasteiger charge is 2.56. The Morgan fingerprint density at radius 3 is 2.81 bits per heavy atom. The van der Waals surface area contributed by atoms with Crippen LogP contribution in [0.4, 0.5) is 9.52 Å². The fourth-order valence-corrected chi connectivity index (χ4v) is 4.62. The zero-order chi connectivity index (χ0) is 18.6. The average molecular weight is 374 g/mol. The van der Waals surface area contributed by atoms with Crippen LogP contribution in [-0.2, 0) is 4.79 Å². The van der Waals surface area contributed by atoms with Crippen LogP contribution in [0, 0.1) is 17.7 Å². The van der Waals surface area contributed by atoms with Gasteiger partial charge in [0, 0.05) is 20.6 Å². The lowest BCUT2D eigenvalue weighted by molar-refractivity contribution is -0.122. The summed E-state index contributed by atoms with van der Waals surface area (Å²) in [6, 6.07) is 5.52. The third-order valence-electron chi connectivity index (χ3n) is 4.99. The summed E-state index contributed by atoms with van der Waals surface area (Å²) in [7, 11) is 3.67. The number of hydrogen-bond donors (Lipinski definition) is 1. The first-order valence-electron chi connectivity index (χ1n) is 8.41. The fraction of sp³-hybridized carbons (Fsp3) is 0.389. The van der Waals surface area contributed by atoms with Crippen molar-refractivity contribution in [1.29, 1.82) is 0 Å². The Balaban J connectivity index is 1.75. The minimum atomic E-state index is -0.572. The van der Waals surface area contributed by atoms with Gasteiger partial charge < -0.3 is 15.5 Å². The highest BCUT2D eigenvalue weighted by molar-refractivity contribution is 7.19. The topological polar surface area (TPSA) is 79.5 Å². The molecule has 4 rings (SSSR count). The number of piperidine rings is 1. The van der Waals surface area contributed by atoms with Gasteiger partial charge in [0.1, 0.15) is 17.6 Å². The number of likely N-dealkylation sites (tertiary alicyclic amines) is 1. The summed E-state index contributed by atoms with van der Waals surface area (Å²) in [6.07, 6.45) is 0.939. The van der Waals surface area contributed by atoms with Gasteiger partial charge in [-0.05, 0) is 36.0 Å². The predicted molar refractivity (Wildman–Crippen MR) is 97.5 cm³/mol. The van der Waals surface area contributed by atoms with E-state index < -0.39 is 11.9 Å². The van der Waals surface area contributed by atoms with Gasteiger partial charge in [-0.2, -0.15) is 0 Å². The summed E-state index contributed by atoms with van der Waals surface area (Å²) < 4.78 is 13.7. The first-order chi connectivity index (χ1) is 12.4. The summed E-state index contributed by atoms with van der Waals surface area (Å²) in [6.45, 7) is 0.522. The van der Waals surface area contributed by atoms with Gasteiger partial charge in [0.2, 0.25) is 5.91 Å². The predicted octanol–water partition coefficient (Wildman–Crippen LogP) is 1.96. The Kier molecular flexibility index (Phi) is 3.95. The molecule has 3 atom stereocenters. The minimum Gasteiger partial charge on any atom is -0.368 e. The maximum absolute atomic E-state index is 13.7. The van der Waals surface area contributed by atoms with E-state index in [1.807, 2.05) is 14.1 Å². The average Bonchev–Trinajstić information content (AvgIpc) is 3.06. The van der Waals surface area contributed by atoms with Crippen molar-refractivity contribution >= 4 is 28.3 Å². The second kappa shape index (κ2) is 6.05. The largest absolute Gasteiger partial charge is 0.368 e. The molecule has 1 aromatic heterocycles. The highest BCUT2D eigenvalue weighted by atomic mass is 32.1. The summed E-state index contributed by atoms with van der Waals surface area (Å²) in [4.78, 5) is 33.5. The number of benzene rings is 1. The molecule has 6 nitrogen and oxygen atoms in total. The number of anilines is 1. The molecule has 2 amide bonds. The Bertz CT molecular complexity index is 897. The molecule has 1 aromatic carbocycles. The molecule has 0 radical (unpaired) electrons. The maximum atomic E-state index is 13.7. The summed E-state index contributed by atoms with van der Waals surface area (Å²) in [5, 5.41) is 0.646. The quantitative estimate of drug-likeness (QED) is 0.887. The molecule has 2 heterocycles. The van der Waals surface area contributed by atoms with Gasteiger partial charge in [-0.25, -0.2) is 9.37 Å². The number of primary amides is 1. The molecule has 2 aliphatic rings. The highest BCUT2D eigenvalue weighted by Crippen LogP contribution is 2.50. The van der Waals surface area contributed by atoms with Crippen molar-refractivity contribution in [3.63, 3.8) is 0 Å². The Hall–Kier alpha value is -2.48. The van der Waals surface area contributed by atoms with Crippen LogP contribution in [0.25, 0.3) is 10.4 Å². The van der Waals surface area contributed by atoms with E-state index in [4.69, 9.17) is 5.73 Å². The monoisotopic (exact) mass is 374 g/mol. The van der Waals surface area contributed by atoms with Crippen LogP contribution in [0.1, 0.15) is 16.9 Å². The van der Waals surface area contributed by atoms with E-state index in [2.05, 4.69) is 4.98 Å². The van der Waals surface area contributed by atoms with Crippen molar-refractivity contribution in [3.05, 3.63) is 35.8 Å². The molecule has 8 heteroatoms. The number of hydrogen-bond acceptors (Lipinski definition) is 5. The van der Waals surface area contributed by atoms with Gasteiger partial charge in [0.15, 0.2) is 5.13 Å². The first kappa shape index (κ1) is 17.0. The lowest BCUT2D eigenvalue weighted by atomic mass is 10.1. The van der Waals surface area contributed by atoms with Gasteiger partial charge in [-0.1, -0.05) is 23.5 Å². The second-order valence-electron chi connectivity index (χ2n) is 7.04. The molecule has 1 saturated heterocycles. The first-order valence-corrected chi connectivity index (χ1v) is 9.23. The number of nitrogens with two attached hydrogens (primary N) is 1. The molecular weight excluding hydrogens is 355 g/mol. The molecule has 0 spiro atoms. The van der Waals surface area contributed by atoms with Crippen LogP contribution < -0.4 is 10.6 Å². The van der Waals surface area contributed by atoms with Gasteiger partial charge in [0.25, 0.3) is 5.91 Å². The molecule has 1 aliphatic carbocycles. The maximum Gasteiger partial charge on any atom is 0.274 e. The van der Waals surface area contributed by atoms with Gasteiger partial charge in [0.05, 0.1) is 4.88 Å². The van der Waals surface area contributed by atoms with Gasteiger partial charge >= 0.3 is 0 Å². The Morgan fingerprint density at radius 1 is 1.38 bits per heavy atom. The van der Waals surface area contributed by atoms with Crippen molar-refractivity contribution in [1.82, 2.24) is 9.88 Å². The number of amides is 2. The van der Waals surface area contributed by atoms with E-state index in [1.165, 1.54) is 23.5 Å². The zero-order valence-corrected chi connectivity index (χ0v) is 15.3. The smallest absolute Gasteiger partial charge is 0.274 e. The molecule has 26 heavy (non-hydrogen) atoms. The number of rotatable bonds is 4. The van der Waals surface area contributed by atoms with E-state index in [9.17, 15) is 14.0 Å². The lowest BCUT2D eigenvalue weighted by Gasteiger charge is -2.24. The SMILES string of the molecule is CN(C)c1nc(C(=O)N2CC3C[C@@H]3C2C(N)=O)c(-c2cccc(F)c2)s1. The van der Waals surface area contributed by atoms with E-state index in [0.29, 0.717) is 28.0 Å². The summed E-state index contributed by atoms with van der Waals surface area (Å²) >= 11 is 1.32. The normalized spacial score (nSPS) is 23.7. The van der Waals surface area contributed by atoms with Crippen LogP contribution in [-0.4, -0.2) is 48.4 Å². The summed E-state index contributed by atoms with van der Waals surface area (Å²) in [5.74, 6) is -0.650. The number of carbonyl (C=O) groups excluding carboxylic acids is 2. The van der Waals surface area contributed by atoms with Crippen LogP contribution in [0.5, 0.6) is 0 Å². The number of thiazole rings is 1. The van der Waals surface area contributed by atoms with Crippen LogP contribution in [0.2, 0.25) is 0 Å². The Morgan fingerprint density at radius 2 is 2.15 bits per heavy atom. The molecule has 2 fully saturated rings. The van der Waals surface area contributed by atoms with Crippen LogP contribution in [0.3, 0.4) is 0 Å². The Labute approximate surface area is 154 Å². The van der Waals surface area contributed by atoms with E-state index in [-0.39, 0.29) is 23.3 Å². The van der Waals surface area contributed by atoms with Crippen molar-refractivity contribution in [2.24, 2.45) is 17.6 Å². The van der Waals surface area contributed by atoms with Crippen molar-refractivity contribution < 1.29 is 14.0 Å². The molecule has 2 aromatic rings. The standard InChI is InChI=1S/C18H19FN4O2S/c1-22(2)18-21-13(15(26-18)9-4-3-5-11(19)6-9)17(25)23-8-10-7-12(10)14(23)16(20)24/h3-6,10,12,14H,7-8H2,1-2H3,(H2,20,24)/t10?,12-,14?/m0/s1. The zero-order valence-electron chi connectivity index (χ0n) is 14.5. The minimum absolute atomic E-state index is 0.168. The van der Waals surface area contributed by atoms with Crippen LogP contribution >= 0.6 is 11.3 Å². The molecule has 2 unspecified atom stereocenters. The number of fused-ring (bicyclic) bond motifs is 1. The molecular formula is C18H19FN4O2S. The van der Waals surface area contributed by atoms with Gasteiger partial charge in [-0.15, -0.1) is 0 Å². The van der Waals surface area contributed by atoms with E-state index in [0.717, 1.165) is 6.42 Å². The molecule has 1 aliphatic heterocycles. The van der Waals surface area contributed by atoms with E-state index >= 15 is 0 Å². The lowest BCUT2D eigenvalue weighted by Crippen LogP contribution is -2.46. The van der Waals surface area contributed by atoms with Crippen molar-refractivity contribution in [2.75, 3.05) is 25.5 Å². The van der Waals surface area contributed by atoms with Crippen molar-refractivity contribution in [2.45, 2.75) is 12.5 Å². The summed E-state index contributed by atoms with van der Waals surface area (Å²) in [5.41, 5.74) is 6.38. The molecule has 136 valence electrons. The van der Waals surface area contributed by atoms with Crippen molar-refractivity contribution in [3.8, 4) is 10.4 Å². The third-order valence-corrected chi connectivity index (χ3v) is 6.26. The van der Waals surface area contributed by atoms with E-state index in [1.54, 1.807) is 21.9 Å². The molecule has 0 bridgehead atoms. The van der Waals surface area contributed by atoms with Crippen LogP contribution in [0.15, 0.2) is 24.3 Å². The van der Waals surface area contributed by atoms with Gasteiger partial charge in [-0.3, -0.25) is 9.59 Å².